The minimum atomic E-state index is 0.359. The molecule has 0 aliphatic heterocycles. The van der Waals surface area contributed by atoms with Crippen LogP contribution in [0.25, 0.3) is 33.4 Å². The Morgan fingerprint density at radius 3 is 2.58 bits per heavy atom. The van der Waals surface area contributed by atoms with Crippen LogP contribution in [0.3, 0.4) is 0 Å². The second-order valence-corrected chi connectivity index (χ2v) is 7.49. The highest BCUT2D eigenvalue weighted by Crippen LogP contribution is 2.34. The lowest BCUT2D eigenvalue weighted by Crippen LogP contribution is -2.07. The average molecular weight is 430 g/mol. The molecule has 0 amide bonds. The number of rotatable bonds is 7. The summed E-state index contributed by atoms with van der Waals surface area (Å²) in [7, 11) is 0. The van der Waals surface area contributed by atoms with Gasteiger partial charge < -0.3 is 5.32 Å². The van der Waals surface area contributed by atoms with Crippen LogP contribution in [0.2, 0.25) is 0 Å². The maximum atomic E-state index is 9.05. The Labute approximate surface area is 193 Å². The first-order valence-corrected chi connectivity index (χ1v) is 10.6. The fraction of sp³-hybridized carbons (Fsp3) is 0.0714. The summed E-state index contributed by atoms with van der Waals surface area (Å²) >= 11 is 0. The molecule has 0 atom stereocenters. The van der Waals surface area contributed by atoms with Gasteiger partial charge in [-0.25, -0.2) is 15.0 Å². The minimum absolute atomic E-state index is 0.359. The van der Waals surface area contributed by atoms with Crippen molar-refractivity contribution in [1.29, 1.82) is 5.26 Å². The quantitative estimate of drug-likeness (QED) is 0.347. The van der Waals surface area contributed by atoms with Crippen molar-refractivity contribution in [2.24, 2.45) is 0 Å². The first kappa shape index (κ1) is 21.7. The highest BCUT2D eigenvalue weighted by molar-refractivity contribution is 6.02. The molecule has 1 N–H and O–H groups in total. The van der Waals surface area contributed by atoms with Gasteiger partial charge in [0.2, 0.25) is 0 Å². The number of allylic oxidation sites excluding steroid dienone is 4. The number of nitrogens with zero attached hydrogens (tertiary/aromatic N) is 4. The third-order valence-corrected chi connectivity index (χ3v) is 5.11. The number of fused-ring (bicyclic) bond motifs is 1. The van der Waals surface area contributed by atoms with Gasteiger partial charge in [0.15, 0.2) is 5.82 Å². The number of hydrogen-bond acceptors (Lipinski definition) is 5. The molecule has 0 aliphatic rings. The van der Waals surface area contributed by atoms with Gasteiger partial charge in [-0.15, -0.1) is 0 Å². The molecule has 0 saturated carbocycles. The van der Waals surface area contributed by atoms with Gasteiger partial charge in [0.25, 0.3) is 0 Å². The van der Waals surface area contributed by atoms with Crippen molar-refractivity contribution in [1.82, 2.24) is 15.0 Å². The van der Waals surface area contributed by atoms with Crippen LogP contribution in [0.5, 0.6) is 0 Å². The molecule has 2 aromatic heterocycles. The van der Waals surface area contributed by atoms with Gasteiger partial charge in [-0.1, -0.05) is 78.9 Å². The molecule has 0 bridgehead atoms. The standard InChI is InChI=1S/C28H23N5/c1-3-4-6-10-20(2)18-31-28-26-24(21-11-7-5-8-12-21)13-9-14-25(26)32-27(33-28)22-15-16-23(17-29)30-19-22/h3-16,19H,1,18H2,2H3,(H,31,32,33)/b6-4-,20-10+. The van der Waals surface area contributed by atoms with E-state index in [1.807, 2.05) is 60.7 Å². The molecule has 5 heteroatoms. The van der Waals surface area contributed by atoms with E-state index in [1.54, 1.807) is 18.3 Å². The average Bonchev–Trinajstić information content (AvgIpc) is 2.87. The van der Waals surface area contributed by atoms with Crippen LogP contribution >= 0.6 is 0 Å². The van der Waals surface area contributed by atoms with E-state index in [2.05, 4.69) is 42.0 Å². The predicted molar refractivity (Wildman–Crippen MR) is 135 cm³/mol. The number of anilines is 1. The molecule has 0 fully saturated rings. The normalized spacial score (nSPS) is 11.5. The fourth-order valence-corrected chi connectivity index (χ4v) is 3.47. The molecule has 0 aliphatic carbocycles. The number of pyridine rings is 1. The molecule has 5 nitrogen and oxygen atoms in total. The largest absolute Gasteiger partial charge is 0.366 e. The third kappa shape index (κ3) is 5.03. The molecule has 2 heterocycles. The van der Waals surface area contributed by atoms with Crippen LogP contribution in [-0.4, -0.2) is 21.5 Å². The molecule has 33 heavy (non-hydrogen) atoms. The van der Waals surface area contributed by atoms with Crippen LogP contribution in [0.4, 0.5) is 5.82 Å². The SMILES string of the molecule is C=C/C=C\C=C(/C)CNc1nc(-c2ccc(C#N)nc2)nc2cccc(-c3ccccc3)c12. The molecular formula is C28H23N5. The second kappa shape index (κ2) is 10.2. The lowest BCUT2D eigenvalue weighted by molar-refractivity contribution is 1.14. The van der Waals surface area contributed by atoms with E-state index in [9.17, 15) is 0 Å². The van der Waals surface area contributed by atoms with Crippen LogP contribution in [0, 0.1) is 11.3 Å². The lowest BCUT2D eigenvalue weighted by atomic mass is 10.0. The van der Waals surface area contributed by atoms with Gasteiger partial charge in [-0.2, -0.15) is 5.26 Å². The van der Waals surface area contributed by atoms with E-state index in [-0.39, 0.29) is 0 Å². The fourth-order valence-electron chi connectivity index (χ4n) is 3.47. The summed E-state index contributed by atoms with van der Waals surface area (Å²) in [5, 5.41) is 13.5. The topological polar surface area (TPSA) is 74.5 Å². The first-order chi connectivity index (χ1) is 16.2. The number of benzene rings is 2. The summed E-state index contributed by atoms with van der Waals surface area (Å²) in [6, 6.07) is 21.9. The van der Waals surface area contributed by atoms with Gasteiger partial charge in [-0.05, 0) is 36.2 Å². The van der Waals surface area contributed by atoms with Crippen molar-refractivity contribution < 1.29 is 0 Å². The lowest BCUT2D eigenvalue weighted by Gasteiger charge is -2.14. The Bertz CT molecular complexity index is 1380. The Hall–Kier alpha value is -4.56. The monoisotopic (exact) mass is 429 g/mol. The van der Waals surface area contributed by atoms with Crippen molar-refractivity contribution in [2.75, 3.05) is 11.9 Å². The van der Waals surface area contributed by atoms with Gasteiger partial charge in [-0.3, -0.25) is 0 Å². The third-order valence-electron chi connectivity index (χ3n) is 5.11. The van der Waals surface area contributed by atoms with E-state index < -0.39 is 0 Å². The Morgan fingerprint density at radius 2 is 1.85 bits per heavy atom. The molecular weight excluding hydrogens is 406 g/mol. The minimum Gasteiger partial charge on any atom is -0.366 e. The van der Waals surface area contributed by atoms with E-state index in [0.717, 1.165) is 39.0 Å². The summed E-state index contributed by atoms with van der Waals surface area (Å²) in [5.74, 6) is 1.31. The van der Waals surface area contributed by atoms with E-state index in [0.29, 0.717) is 18.1 Å². The molecule has 160 valence electrons. The molecule has 0 radical (unpaired) electrons. The molecule has 0 unspecified atom stereocenters. The van der Waals surface area contributed by atoms with Crippen LogP contribution in [-0.2, 0) is 0 Å². The maximum absolute atomic E-state index is 9.05. The Morgan fingerprint density at radius 1 is 1.00 bits per heavy atom. The first-order valence-electron chi connectivity index (χ1n) is 10.6. The summed E-state index contributed by atoms with van der Waals surface area (Å²) in [4.78, 5) is 13.9. The summed E-state index contributed by atoms with van der Waals surface area (Å²) in [6.07, 6.45) is 9.29. The van der Waals surface area contributed by atoms with Gasteiger partial charge in [0.05, 0.1) is 10.9 Å². The molecule has 4 rings (SSSR count). The van der Waals surface area contributed by atoms with Crippen molar-refractivity contribution >= 4 is 16.7 Å². The van der Waals surface area contributed by atoms with E-state index in [1.165, 1.54) is 0 Å². The number of nitriles is 1. The Balaban J connectivity index is 1.84. The van der Waals surface area contributed by atoms with Gasteiger partial charge >= 0.3 is 0 Å². The molecule has 0 saturated heterocycles. The summed E-state index contributed by atoms with van der Waals surface area (Å²) < 4.78 is 0. The second-order valence-electron chi connectivity index (χ2n) is 7.49. The molecule has 0 spiro atoms. The van der Waals surface area contributed by atoms with Crippen molar-refractivity contribution in [3.63, 3.8) is 0 Å². The smallest absolute Gasteiger partial charge is 0.163 e. The predicted octanol–water partition coefficient (Wildman–Crippen LogP) is 6.33. The zero-order valence-corrected chi connectivity index (χ0v) is 18.4. The van der Waals surface area contributed by atoms with Crippen LogP contribution in [0.15, 0.2) is 103 Å². The number of nitrogens with one attached hydrogen (secondary N) is 1. The zero-order valence-electron chi connectivity index (χ0n) is 18.4. The number of hydrogen-bond donors (Lipinski definition) is 1. The van der Waals surface area contributed by atoms with Gasteiger partial charge in [0, 0.05) is 18.3 Å². The maximum Gasteiger partial charge on any atom is 0.163 e. The van der Waals surface area contributed by atoms with Crippen LogP contribution < -0.4 is 5.32 Å². The zero-order chi connectivity index (χ0) is 23.0. The van der Waals surface area contributed by atoms with Crippen molar-refractivity contribution in [3.8, 4) is 28.6 Å². The van der Waals surface area contributed by atoms with Crippen LogP contribution in [0.1, 0.15) is 12.6 Å². The summed E-state index contributed by atoms with van der Waals surface area (Å²) in [5.41, 5.74) is 5.26. The van der Waals surface area contributed by atoms with E-state index in [4.69, 9.17) is 15.2 Å². The van der Waals surface area contributed by atoms with Gasteiger partial charge in [0.1, 0.15) is 17.6 Å². The highest BCUT2D eigenvalue weighted by atomic mass is 15.0. The highest BCUT2D eigenvalue weighted by Gasteiger charge is 2.14. The summed E-state index contributed by atoms with van der Waals surface area (Å²) in [6.45, 7) is 6.39. The van der Waals surface area contributed by atoms with Crippen molar-refractivity contribution in [2.45, 2.75) is 6.92 Å². The molecule has 2 aromatic carbocycles. The Kier molecular flexibility index (Phi) is 6.67. The number of aromatic nitrogens is 3. The van der Waals surface area contributed by atoms with Crippen molar-refractivity contribution in [3.05, 3.63) is 109 Å². The molecule has 4 aromatic rings. The van der Waals surface area contributed by atoms with E-state index >= 15 is 0 Å².